The number of carbonyl (C=O) groups excluding carboxylic acids is 1. The molecule has 0 saturated carbocycles. The highest BCUT2D eigenvalue weighted by Gasteiger charge is 2.39. The maximum Gasteiger partial charge on any atom is 0.314 e. The maximum absolute atomic E-state index is 10.6. The molecule has 0 aliphatic rings. The summed E-state index contributed by atoms with van der Waals surface area (Å²) in [4.78, 5) is 10.6. The van der Waals surface area contributed by atoms with Crippen LogP contribution >= 0.6 is 0 Å². The molecule has 0 radical (unpaired) electrons. The fourth-order valence-corrected chi connectivity index (χ4v) is 14.8. The number of esters is 1. The van der Waals surface area contributed by atoms with E-state index in [9.17, 15) is 4.79 Å². The van der Waals surface area contributed by atoms with Gasteiger partial charge in [-0.3, -0.25) is 4.79 Å². The van der Waals surface area contributed by atoms with Gasteiger partial charge >= 0.3 is 14.5 Å². The van der Waals surface area contributed by atoms with E-state index in [1.165, 1.54) is 6.92 Å². The molecular formula is C14H34O5Si3. The third kappa shape index (κ3) is 13.6. The van der Waals surface area contributed by atoms with Gasteiger partial charge in [0, 0.05) is 13.5 Å². The van der Waals surface area contributed by atoms with Gasteiger partial charge in [0.2, 0.25) is 0 Å². The fourth-order valence-electron chi connectivity index (χ4n) is 2.26. The molecule has 0 fully saturated rings. The van der Waals surface area contributed by atoms with Crippen molar-refractivity contribution < 1.29 is 22.5 Å². The Morgan fingerprint density at radius 1 is 0.818 bits per heavy atom. The molecule has 0 heterocycles. The Kier molecular flexibility index (Phi) is 9.33. The second-order valence-corrected chi connectivity index (χ2v) is 20.5. The molecule has 0 aromatic rings. The van der Waals surface area contributed by atoms with Crippen LogP contribution in [0.5, 0.6) is 0 Å². The first-order chi connectivity index (χ1) is 9.83. The number of carbonyl (C=O) groups is 1. The predicted octanol–water partition coefficient (Wildman–Crippen LogP) is 3.73. The quantitative estimate of drug-likeness (QED) is 0.317. The van der Waals surface area contributed by atoms with Gasteiger partial charge in [-0.05, 0) is 58.3 Å². The molecule has 0 aromatic carbocycles. The summed E-state index contributed by atoms with van der Waals surface area (Å²) >= 11 is 0. The summed E-state index contributed by atoms with van der Waals surface area (Å²) in [5.74, 6) is -0.268. The van der Waals surface area contributed by atoms with Crippen LogP contribution < -0.4 is 0 Å². The lowest BCUT2D eigenvalue weighted by molar-refractivity contribution is -0.142. The SMILES string of the molecule is CC(=O)OCCOCCC[Si](C)(O[Si](C)(C)C)O[Si](C)(C)C. The van der Waals surface area contributed by atoms with Crippen LogP contribution in [-0.2, 0) is 22.5 Å². The molecule has 0 saturated heterocycles. The standard InChI is InChI=1S/C14H34O5Si3/c1-14(15)17-12-11-16-10-9-13-22(8,18-20(2,3)4)19-21(5,6)7/h9-13H2,1-8H3. The Bertz CT molecular complexity index is 320. The second-order valence-electron chi connectivity index (χ2n) is 7.62. The smallest absolute Gasteiger partial charge is 0.314 e. The van der Waals surface area contributed by atoms with Crippen LogP contribution in [0.15, 0.2) is 0 Å². The van der Waals surface area contributed by atoms with Gasteiger partial charge in [-0.25, -0.2) is 0 Å². The molecule has 0 aromatic heterocycles. The van der Waals surface area contributed by atoms with Gasteiger partial charge in [0.15, 0.2) is 16.6 Å². The maximum atomic E-state index is 10.6. The number of hydrogen-bond donors (Lipinski definition) is 0. The zero-order valence-electron chi connectivity index (χ0n) is 15.6. The minimum atomic E-state index is -2.15. The number of rotatable bonds is 11. The molecule has 132 valence electrons. The van der Waals surface area contributed by atoms with E-state index >= 15 is 0 Å². The van der Waals surface area contributed by atoms with Crippen molar-refractivity contribution in [1.82, 2.24) is 0 Å². The molecule has 0 atom stereocenters. The summed E-state index contributed by atoms with van der Waals surface area (Å²) in [5.41, 5.74) is 0. The summed E-state index contributed by atoms with van der Waals surface area (Å²) in [6.07, 6.45) is 0.914. The Morgan fingerprint density at radius 2 is 1.32 bits per heavy atom. The summed E-state index contributed by atoms with van der Waals surface area (Å²) < 4.78 is 23.2. The largest absolute Gasteiger partial charge is 0.463 e. The van der Waals surface area contributed by atoms with Crippen LogP contribution in [0.25, 0.3) is 0 Å². The summed E-state index contributed by atoms with van der Waals surface area (Å²) in [6.45, 7) is 18.3. The van der Waals surface area contributed by atoms with E-state index in [2.05, 4.69) is 45.8 Å². The van der Waals surface area contributed by atoms with Crippen LogP contribution in [0.1, 0.15) is 13.3 Å². The minimum Gasteiger partial charge on any atom is -0.463 e. The van der Waals surface area contributed by atoms with Gasteiger partial charge in [-0.15, -0.1) is 0 Å². The van der Waals surface area contributed by atoms with E-state index in [-0.39, 0.29) is 5.97 Å². The summed E-state index contributed by atoms with van der Waals surface area (Å²) in [7, 11) is -5.40. The van der Waals surface area contributed by atoms with Crippen molar-refractivity contribution in [2.45, 2.75) is 65.2 Å². The molecule has 8 heteroatoms. The highest BCUT2D eigenvalue weighted by molar-refractivity contribution is 6.87. The summed E-state index contributed by atoms with van der Waals surface area (Å²) in [5, 5.41) is 0. The molecule has 5 nitrogen and oxygen atoms in total. The van der Waals surface area contributed by atoms with E-state index in [0.717, 1.165) is 12.5 Å². The van der Waals surface area contributed by atoms with Crippen molar-refractivity contribution in [1.29, 1.82) is 0 Å². The van der Waals surface area contributed by atoms with Gasteiger partial charge in [0.1, 0.15) is 6.61 Å². The zero-order chi connectivity index (χ0) is 17.4. The number of hydrogen-bond acceptors (Lipinski definition) is 5. The lowest BCUT2D eigenvalue weighted by Gasteiger charge is -2.38. The average molecular weight is 367 g/mol. The molecule has 22 heavy (non-hydrogen) atoms. The molecule has 0 amide bonds. The van der Waals surface area contributed by atoms with Crippen LogP contribution in [0.4, 0.5) is 0 Å². The highest BCUT2D eigenvalue weighted by Crippen LogP contribution is 2.25. The van der Waals surface area contributed by atoms with E-state index in [0.29, 0.717) is 19.8 Å². The lowest BCUT2D eigenvalue weighted by Crippen LogP contribution is -2.52. The first-order valence-corrected chi connectivity index (χ1v) is 17.3. The molecule has 0 bridgehead atoms. The minimum absolute atomic E-state index is 0.268. The molecule has 0 spiro atoms. The fraction of sp³-hybridized carbons (Fsp3) is 0.929. The van der Waals surface area contributed by atoms with Crippen molar-refractivity contribution in [3.05, 3.63) is 0 Å². The first-order valence-electron chi connectivity index (χ1n) is 7.94. The topological polar surface area (TPSA) is 54.0 Å². The summed E-state index contributed by atoms with van der Waals surface area (Å²) in [6, 6.07) is 0.940. The first kappa shape index (κ1) is 22.0. The molecule has 0 rings (SSSR count). The van der Waals surface area contributed by atoms with E-state index in [1.807, 2.05) is 0 Å². The second kappa shape index (κ2) is 9.33. The van der Waals surface area contributed by atoms with Gasteiger partial charge < -0.3 is 17.7 Å². The van der Waals surface area contributed by atoms with Crippen LogP contribution in [-0.4, -0.2) is 51.0 Å². The van der Waals surface area contributed by atoms with Gasteiger partial charge in [0.25, 0.3) is 0 Å². The van der Waals surface area contributed by atoms with Crippen molar-refractivity contribution >= 4 is 31.2 Å². The third-order valence-corrected chi connectivity index (χ3v) is 12.1. The Labute approximate surface area is 139 Å². The van der Waals surface area contributed by atoms with Crippen molar-refractivity contribution in [2.75, 3.05) is 19.8 Å². The molecule has 0 unspecified atom stereocenters. The molecule has 0 aliphatic heterocycles. The van der Waals surface area contributed by atoms with Crippen molar-refractivity contribution in [3.8, 4) is 0 Å². The molecule has 0 N–H and O–H groups in total. The van der Waals surface area contributed by atoms with Gasteiger partial charge in [-0.1, -0.05) is 0 Å². The zero-order valence-corrected chi connectivity index (χ0v) is 18.6. The lowest BCUT2D eigenvalue weighted by atomic mass is 10.5. The third-order valence-electron chi connectivity index (χ3n) is 2.50. The van der Waals surface area contributed by atoms with E-state index in [1.54, 1.807) is 0 Å². The molecule has 0 aliphatic carbocycles. The van der Waals surface area contributed by atoms with Gasteiger partial charge in [0.05, 0.1) is 6.61 Å². The van der Waals surface area contributed by atoms with Crippen molar-refractivity contribution in [3.63, 3.8) is 0 Å². The van der Waals surface area contributed by atoms with E-state index in [4.69, 9.17) is 17.7 Å². The van der Waals surface area contributed by atoms with Crippen molar-refractivity contribution in [2.24, 2.45) is 0 Å². The Morgan fingerprint density at radius 3 is 1.73 bits per heavy atom. The highest BCUT2D eigenvalue weighted by atomic mass is 28.5. The average Bonchev–Trinajstić information content (AvgIpc) is 2.21. The predicted molar refractivity (Wildman–Crippen MR) is 97.4 cm³/mol. The van der Waals surface area contributed by atoms with Crippen LogP contribution in [0, 0.1) is 0 Å². The Balaban J connectivity index is 4.22. The van der Waals surface area contributed by atoms with Crippen LogP contribution in [0.3, 0.4) is 0 Å². The van der Waals surface area contributed by atoms with Crippen LogP contribution in [0.2, 0.25) is 51.9 Å². The normalized spacial score (nSPS) is 13.3. The monoisotopic (exact) mass is 366 g/mol. The molecular weight excluding hydrogens is 332 g/mol. The van der Waals surface area contributed by atoms with Gasteiger partial charge in [-0.2, -0.15) is 0 Å². The number of ether oxygens (including phenoxy) is 2. The van der Waals surface area contributed by atoms with E-state index < -0.39 is 25.2 Å². The Hall–Kier alpha value is 0.000649.